The van der Waals surface area contributed by atoms with Crippen molar-refractivity contribution in [2.45, 2.75) is 13.8 Å². The predicted molar refractivity (Wildman–Crippen MR) is 296 cm³/mol. The molecule has 0 radical (unpaired) electrons. The fourth-order valence-electron chi connectivity index (χ4n) is 11.3. The number of hydrogen-bond donors (Lipinski definition) is 0. The van der Waals surface area contributed by atoms with Crippen molar-refractivity contribution in [3.63, 3.8) is 0 Å². The number of fused-ring (bicyclic) bond motifs is 9. The number of benzene rings is 9. The molecule has 0 saturated heterocycles. The number of rotatable bonds is 7. The van der Waals surface area contributed by atoms with Crippen molar-refractivity contribution in [3.05, 3.63) is 248 Å². The minimum Gasteiger partial charge on any atom is -0.309 e. The van der Waals surface area contributed by atoms with Crippen LogP contribution in [0.15, 0.2) is 237 Å². The van der Waals surface area contributed by atoms with E-state index in [9.17, 15) is 0 Å². The van der Waals surface area contributed by atoms with Gasteiger partial charge < -0.3 is 9.13 Å². The molecule has 5 heteroatoms. The number of para-hydroxylation sites is 5. The molecule has 0 aliphatic heterocycles. The zero-order valence-electron chi connectivity index (χ0n) is 39.3. The highest BCUT2D eigenvalue weighted by atomic mass is 15.1. The van der Waals surface area contributed by atoms with Crippen LogP contribution >= 0.6 is 0 Å². The molecule has 14 rings (SSSR count). The highest BCUT2D eigenvalue weighted by Gasteiger charge is 2.28. The zero-order valence-corrected chi connectivity index (χ0v) is 39.3. The van der Waals surface area contributed by atoms with Gasteiger partial charge in [0.15, 0.2) is 0 Å². The van der Waals surface area contributed by atoms with Crippen molar-refractivity contribution in [3.8, 4) is 62.1 Å². The van der Waals surface area contributed by atoms with Crippen molar-refractivity contribution in [1.29, 1.82) is 0 Å². The van der Waals surface area contributed by atoms with Gasteiger partial charge in [0.2, 0.25) is 0 Å². The van der Waals surface area contributed by atoms with Crippen LogP contribution in [0, 0.1) is 13.8 Å². The van der Waals surface area contributed by atoms with Crippen LogP contribution < -0.4 is 0 Å². The van der Waals surface area contributed by atoms with Crippen LogP contribution in [0.25, 0.3) is 128 Å². The Balaban J connectivity index is 1.20. The summed E-state index contributed by atoms with van der Waals surface area (Å²) in [5, 5.41) is 7.11. The molecule has 0 spiro atoms. The van der Waals surface area contributed by atoms with Crippen molar-refractivity contribution in [2.75, 3.05) is 0 Å². The number of aromatic nitrogens is 5. The summed E-state index contributed by atoms with van der Waals surface area (Å²) in [7, 11) is 0. The van der Waals surface area contributed by atoms with E-state index in [2.05, 4.69) is 264 Å². The second kappa shape index (κ2) is 16.2. The van der Waals surface area contributed by atoms with Gasteiger partial charge in [-0.05, 0) is 92.2 Å². The van der Waals surface area contributed by atoms with Crippen molar-refractivity contribution in [2.24, 2.45) is 0 Å². The SMILES string of the molecule is Cc1ccc2c(c1)c1ccccc1n2-c1cc(-c2ccccc2-c2cccc(-c3ccccc3)n2)c(-n2c3ccccc3c3cc(C)ccc32)c(-c2cccc3c4ccccc4n(-c4ccccc4)c23)n1. The van der Waals surface area contributed by atoms with Gasteiger partial charge in [-0.15, -0.1) is 0 Å². The number of hydrogen-bond acceptors (Lipinski definition) is 2. The Bertz CT molecular complexity index is 4420. The molecule has 71 heavy (non-hydrogen) atoms. The van der Waals surface area contributed by atoms with E-state index in [0.29, 0.717) is 0 Å². The molecular weight excluding hydrogens is 863 g/mol. The van der Waals surface area contributed by atoms with E-state index in [1.165, 1.54) is 38.1 Å². The van der Waals surface area contributed by atoms with E-state index in [1.54, 1.807) is 0 Å². The maximum atomic E-state index is 6.11. The Morgan fingerprint density at radius 1 is 0.310 bits per heavy atom. The molecule has 0 aliphatic carbocycles. The first kappa shape index (κ1) is 40.7. The Morgan fingerprint density at radius 2 is 0.803 bits per heavy atom. The summed E-state index contributed by atoms with van der Waals surface area (Å²) in [4.78, 5) is 11.5. The first-order valence-corrected chi connectivity index (χ1v) is 24.3. The molecular formula is C66H45N5. The van der Waals surface area contributed by atoms with Gasteiger partial charge in [0.25, 0.3) is 0 Å². The summed E-state index contributed by atoms with van der Waals surface area (Å²) in [6.45, 7) is 4.36. The highest BCUT2D eigenvalue weighted by molar-refractivity contribution is 6.16. The predicted octanol–water partition coefficient (Wildman–Crippen LogP) is 17.1. The Labute approximate surface area is 410 Å². The third-order valence-corrected chi connectivity index (χ3v) is 14.4. The molecule has 0 saturated carbocycles. The minimum atomic E-state index is 0.825. The van der Waals surface area contributed by atoms with Crippen LogP contribution in [0.2, 0.25) is 0 Å². The van der Waals surface area contributed by atoms with Crippen molar-refractivity contribution in [1.82, 2.24) is 23.7 Å². The quantitative estimate of drug-likeness (QED) is 0.160. The molecule has 0 fully saturated rings. The molecule has 0 N–H and O–H groups in total. The number of nitrogens with zero attached hydrogens (tertiary/aromatic N) is 5. The maximum Gasteiger partial charge on any atom is 0.139 e. The van der Waals surface area contributed by atoms with Crippen LogP contribution in [-0.2, 0) is 0 Å². The van der Waals surface area contributed by atoms with Gasteiger partial charge >= 0.3 is 0 Å². The number of aryl methyl sites for hydroxylation is 2. The second-order valence-corrected chi connectivity index (χ2v) is 18.7. The topological polar surface area (TPSA) is 40.6 Å². The molecule has 0 aliphatic rings. The summed E-state index contributed by atoms with van der Waals surface area (Å²) in [6.07, 6.45) is 0. The van der Waals surface area contributed by atoms with Crippen molar-refractivity contribution >= 4 is 65.4 Å². The van der Waals surface area contributed by atoms with Crippen LogP contribution in [0.3, 0.4) is 0 Å². The Morgan fingerprint density at radius 3 is 1.49 bits per heavy atom. The summed E-state index contributed by atoms with van der Waals surface area (Å²) in [5.41, 5.74) is 19.0. The molecule has 14 aromatic rings. The molecule has 0 bridgehead atoms. The van der Waals surface area contributed by atoms with Gasteiger partial charge in [0.05, 0.1) is 55.9 Å². The van der Waals surface area contributed by atoms with E-state index >= 15 is 0 Å². The fraction of sp³-hybridized carbons (Fsp3) is 0.0303. The van der Waals surface area contributed by atoms with Gasteiger partial charge in [0, 0.05) is 60.3 Å². The van der Waals surface area contributed by atoms with Crippen LogP contribution in [0.5, 0.6) is 0 Å². The van der Waals surface area contributed by atoms with E-state index in [4.69, 9.17) is 9.97 Å². The summed E-state index contributed by atoms with van der Waals surface area (Å²) in [6, 6.07) is 85.5. The highest BCUT2D eigenvalue weighted by Crippen LogP contribution is 2.47. The lowest BCUT2D eigenvalue weighted by Crippen LogP contribution is -2.08. The van der Waals surface area contributed by atoms with Crippen LogP contribution in [0.1, 0.15) is 11.1 Å². The molecule has 0 amide bonds. The molecule has 334 valence electrons. The third-order valence-electron chi connectivity index (χ3n) is 14.4. The Kier molecular flexibility index (Phi) is 9.26. The smallest absolute Gasteiger partial charge is 0.139 e. The van der Waals surface area contributed by atoms with Gasteiger partial charge in [-0.1, -0.05) is 175 Å². The Hall–Kier alpha value is -9.32. The molecule has 5 heterocycles. The maximum absolute atomic E-state index is 6.11. The normalized spacial score (nSPS) is 11.8. The molecule has 5 aromatic heterocycles. The lowest BCUT2D eigenvalue weighted by atomic mass is 9.93. The summed E-state index contributed by atoms with van der Waals surface area (Å²) >= 11 is 0. The van der Waals surface area contributed by atoms with E-state index in [0.717, 1.165) is 101 Å². The van der Waals surface area contributed by atoms with Gasteiger partial charge in [0.1, 0.15) is 5.82 Å². The first-order valence-electron chi connectivity index (χ1n) is 24.3. The molecule has 0 atom stereocenters. The average molecular weight is 908 g/mol. The van der Waals surface area contributed by atoms with Crippen LogP contribution in [-0.4, -0.2) is 23.7 Å². The minimum absolute atomic E-state index is 0.825. The summed E-state index contributed by atoms with van der Waals surface area (Å²) < 4.78 is 7.29. The van der Waals surface area contributed by atoms with Gasteiger partial charge in [-0.3, -0.25) is 4.57 Å². The second-order valence-electron chi connectivity index (χ2n) is 18.7. The fourth-order valence-corrected chi connectivity index (χ4v) is 11.3. The largest absolute Gasteiger partial charge is 0.309 e. The van der Waals surface area contributed by atoms with E-state index in [1.807, 2.05) is 0 Å². The van der Waals surface area contributed by atoms with E-state index in [-0.39, 0.29) is 0 Å². The molecule has 5 nitrogen and oxygen atoms in total. The van der Waals surface area contributed by atoms with E-state index < -0.39 is 0 Å². The van der Waals surface area contributed by atoms with Gasteiger partial charge in [-0.25, -0.2) is 9.97 Å². The average Bonchev–Trinajstić information content (AvgIpc) is 4.06. The van der Waals surface area contributed by atoms with Crippen molar-refractivity contribution < 1.29 is 0 Å². The third kappa shape index (κ3) is 6.40. The van der Waals surface area contributed by atoms with Gasteiger partial charge in [-0.2, -0.15) is 0 Å². The molecule has 9 aromatic carbocycles. The lowest BCUT2D eigenvalue weighted by Gasteiger charge is -2.23. The monoisotopic (exact) mass is 907 g/mol. The lowest BCUT2D eigenvalue weighted by molar-refractivity contribution is 1.06. The van der Waals surface area contributed by atoms with Crippen LogP contribution in [0.4, 0.5) is 0 Å². The molecule has 0 unspecified atom stereocenters. The standard InChI is InChI=1S/C66H45N5/c1-42-35-37-61-53(39-42)49-26-12-15-33-59(49)70(61)63-41-55(46-23-9-10-24-47(46)57-31-18-30-56(67-57)44-19-5-3-6-20-44)66(71-60-34-16-13-27-50(60)54-40-43(2)36-38-62(54)71)64(68-63)52-29-17-28-51-48-25-11-14-32-58(48)69(65(51)52)45-21-7-4-8-22-45/h3-41H,1-2H3. The summed E-state index contributed by atoms with van der Waals surface area (Å²) in [5.74, 6) is 0.825. The zero-order chi connectivity index (χ0) is 47.2. The first-order chi connectivity index (χ1) is 35.1. The number of pyridine rings is 2.